The SMILES string of the molecule is C[C@H](O)/C=C/[C@H]1CCC(=O)N1CCc1ccc(C(=O)O)cc1.C[CH-]O.C[CH-]O.C[CH-]O.[CH-]=C[C@H]1CCC(=O)N1CCc1ccc(C)cc1.[CH-]=C[C@H]1CCC(=O)N1CCc1ccc(C)cc1.[CH-]=P(c1ccccc1)(c1ccccc1)c1ccccc1.[Na+].[OH-].[U+2].[U+2].[U+2]. The van der Waals surface area contributed by atoms with Gasteiger partial charge >= 0.3 is 129 Å². The topological polar surface area (TPSA) is 209 Å². The summed E-state index contributed by atoms with van der Waals surface area (Å²) in [6, 6.07) is 55.2. The maximum Gasteiger partial charge on any atom is 2.00 e. The second-order valence-electron chi connectivity index (χ2n) is 20.3. The molecule has 3 amide bonds. The Bertz CT molecular complexity index is 2790. The normalized spacial score (nSPS) is 15.4. The van der Waals surface area contributed by atoms with Crippen LogP contribution < -0.4 is 45.5 Å². The van der Waals surface area contributed by atoms with Crippen LogP contribution in [0.5, 0.6) is 0 Å². The van der Waals surface area contributed by atoms with Crippen LogP contribution in [0.15, 0.2) is 188 Å². The Morgan fingerprint density at radius 2 is 0.800 bits per heavy atom. The van der Waals surface area contributed by atoms with Crippen molar-refractivity contribution in [2.75, 3.05) is 19.6 Å². The summed E-state index contributed by atoms with van der Waals surface area (Å²) in [5.41, 5.74) is 6.33. The molecule has 3 heterocycles. The van der Waals surface area contributed by atoms with Crippen molar-refractivity contribution in [3.8, 4) is 0 Å². The zero-order chi connectivity index (χ0) is 62.6. The first-order chi connectivity index (χ1) is 40.9. The fourth-order valence-corrected chi connectivity index (χ4v) is 12.4. The summed E-state index contributed by atoms with van der Waals surface area (Å²) in [4.78, 5) is 51.7. The zero-order valence-electron chi connectivity index (χ0n) is 53.3. The summed E-state index contributed by atoms with van der Waals surface area (Å²) >= 11 is 0. The summed E-state index contributed by atoms with van der Waals surface area (Å²) in [5.74, 6) is -0.361. The van der Waals surface area contributed by atoms with Crippen LogP contribution in [0.1, 0.15) is 104 Å². The summed E-state index contributed by atoms with van der Waals surface area (Å²) in [6.07, 6.45) is 20.1. The predicted molar refractivity (Wildman–Crippen MR) is 349 cm³/mol. The molecule has 3 aliphatic rings. The molecule has 0 saturated carbocycles. The van der Waals surface area contributed by atoms with E-state index in [9.17, 15) is 24.3 Å². The van der Waals surface area contributed by atoms with Gasteiger partial charge in [0.2, 0.25) is 17.7 Å². The zero-order valence-corrected chi connectivity index (χ0v) is 68.6. The predicted octanol–water partition coefficient (Wildman–Crippen LogP) is 8.63. The number of carbonyl (C=O) groups excluding carboxylic acids is 3. The van der Waals surface area contributed by atoms with E-state index in [-0.39, 0.29) is 170 Å². The largest absolute Gasteiger partial charge is 2.00 e. The van der Waals surface area contributed by atoms with Crippen LogP contribution in [0.25, 0.3) is 0 Å². The summed E-state index contributed by atoms with van der Waals surface area (Å²) in [6.45, 7) is 24.7. The van der Waals surface area contributed by atoms with E-state index in [4.69, 9.17) is 39.9 Å². The molecule has 3 fully saturated rings. The number of hydrogen-bond donors (Lipinski definition) is 5. The number of aryl methyl sites for hydroxylation is 2. The fourth-order valence-electron chi connectivity index (χ4n) is 9.54. The fraction of sp³-hybridized carbons (Fsp3) is 0.306. The maximum atomic E-state index is 11.9. The Balaban J connectivity index is -0.00000106. The molecule has 6 aromatic carbocycles. The second kappa shape index (κ2) is 52.0. The van der Waals surface area contributed by atoms with E-state index >= 15 is 0 Å². The van der Waals surface area contributed by atoms with Gasteiger partial charge in [-0.15, -0.1) is 0 Å². The molecule has 470 valence electrons. The number of aliphatic hydroxyl groups excluding tert-OH is 4. The van der Waals surface area contributed by atoms with E-state index < -0.39 is 19.0 Å². The molecule has 6 aromatic rings. The van der Waals surface area contributed by atoms with Gasteiger partial charge in [-0.05, 0) is 104 Å². The minimum Gasteiger partial charge on any atom is -0.870 e. The first kappa shape index (κ1) is 90.9. The molecule has 9 rings (SSSR count). The van der Waals surface area contributed by atoms with Gasteiger partial charge in [0.1, 0.15) is 0 Å². The third-order valence-corrected chi connectivity index (χ3v) is 17.4. The van der Waals surface area contributed by atoms with Crippen LogP contribution in [0, 0.1) is 140 Å². The Hall–Kier alpha value is -3.32. The molecule has 0 spiro atoms. The van der Waals surface area contributed by atoms with Crippen LogP contribution in [-0.4, -0.2) is 120 Å². The van der Waals surface area contributed by atoms with Gasteiger partial charge in [-0.2, -0.15) is 27.7 Å². The Morgan fingerprint density at radius 1 is 0.533 bits per heavy atom. The van der Waals surface area contributed by atoms with Crippen molar-refractivity contribution >= 4 is 52.8 Å². The average Bonchev–Trinajstić information content (AvgIpc) is 1.55. The van der Waals surface area contributed by atoms with Gasteiger partial charge in [-0.3, -0.25) is 26.5 Å². The average molecular weight is 1920 g/mol. The summed E-state index contributed by atoms with van der Waals surface area (Å²) < 4.78 is 0. The van der Waals surface area contributed by atoms with Gasteiger partial charge in [0.05, 0.1) is 17.7 Å². The standard InChI is InChI=1S/C19H16P.C17H21NO4.2C15H18NO.3C2H5O.Na.H2O.3U/c1-20(17-11-5-2-6-12-17,18-13-7-3-8-14-18)19-15-9-4-10-16-19;1-12(19)2-7-15-8-9-16(20)18(15)11-10-13-3-5-14(6-4-13)17(21)22;2*1-3-14-8-9-15(17)16(14)11-10-13-6-4-12(2)5-7-13;3*1-2-3;;;;;/h1-16H;2-7,12,15,19H,8-11H2,1H3,(H,21,22);2*1,3-7,14H,8-11H2,2H3;3*2-3H,1H3;;1H2;;;/q-1;;5*-1;+1;;3*+2/p-1/b;7-2+;;;;;;;;;;/t;12-,15-;2*14-;;;;;;;;/m.000......../s1. The molecule has 18 heteroatoms. The minimum absolute atomic E-state index is 0. The third kappa shape index (κ3) is 32.2. The number of aromatic carboxylic acids is 1. The van der Waals surface area contributed by atoms with Gasteiger partial charge in [-0.1, -0.05) is 175 Å². The number of benzene rings is 6. The number of rotatable bonds is 17. The van der Waals surface area contributed by atoms with E-state index in [1.54, 1.807) is 70.2 Å². The maximum absolute atomic E-state index is 11.9. The molecule has 0 aromatic heterocycles. The van der Waals surface area contributed by atoms with Gasteiger partial charge in [0.15, 0.2) is 0 Å². The monoisotopic (exact) mass is 1920 g/mol. The summed E-state index contributed by atoms with van der Waals surface area (Å²) in [7, 11) is 0. The first-order valence-corrected chi connectivity index (χ1v) is 30.7. The van der Waals surface area contributed by atoms with Gasteiger partial charge in [-0.25, -0.2) is 24.6 Å². The van der Waals surface area contributed by atoms with Crippen LogP contribution in [-0.2, 0) is 33.6 Å². The van der Waals surface area contributed by atoms with Gasteiger partial charge in [0, 0.05) is 51.0 Å². The Kier molecular flexibility index (Phi) is 52.5. The van der Waals surface area contributed by atoms with E-state index in [0.717, 1.165) is 70.6 Å². The van der Waals surface area contributed by atoms with Crippen molar-refractivity contribution in [1.82, 2.24) is 14.7 Å². The molecule has 3 aliphatic heterocycles. The number of nitrogens with zero attached hydrogens (tertiary/aromatic N) is 3. The molecule has 0 radical (unpaired) electrons. The Labute approximate surface area is 631 Å². The molecule has 13 nitrogen and oxygen atoms in total. The molecule has 6 N–H and O–H groups in total. The number of likely N-dealkylation sites (tertiary alicyclic amines) is 3. The number of hydrogen-bond acceptors (Lipinski definition) is 9. The van der Waals surface area contributed by atoms with Crippen molar-refractivity contribution < 1.29 is 173 Å². The molecule has 0 aliphatic carbocycles. The van der Waals surface area contributed by atoms with Crippen LogP contribution in [0.4, 0.5) is 0 Å². The smallest absolute Gasteiger partial charge is 0.870 e. The molecular formula is C72H89N3NaO10PU3. The molecule has 0 bridgehead atoms. The van der Waals surface area contributed by atoms with E-state index in [0.29, 0.717) is 32.2 Å². The quantitative estimate of drug-likeness (QED) is 0.0254. The van der Waals surface area contributed by atoms with Crippen molar-refractivity contribution in [1.29, 1.82) is 0 Å². The second-order valence-corrected chi connectivity index (χ2v) is 23.3. The Morgan fingerprint density at radius 3 is 1.07 bits per heavy atom. The van der Waals surface area contributed by atoms with E-state index in [1.807, 2.05) is 39.0 Å². The van der Waals surface area contributed by atoms with Crippen molar-refractivity contribution in [2.45, 2.75) is 124 Å². The molecule has 0 unspecified atom stereocenters. The first-order valence-electron chi connectivity index (χ1n) is 28.8. The van der Waals surface area contributed by atoms with Crippen LogP contribution in [0.3, 0.4) is 0 Å². The van der Waals surface area contributed by atoms with Crippen molar-refractivity contribution in [3.63, 3.8) is 0 Å². The van der Waals surface area contributed by atoms with E-state index in [1.165, 1.54) is 38.2 Å². The molecule has 4 atom stereocenters. The minimum atomic E-state index is -2.03. The van der Waals surface area contributed by atoms with E-state index in [2.05, 4.69) is 135 Å². The van der Waals surface area contributed by atoms with Crippen LogP contribution >= 0.6 is 6.89 Å². The van der Waals surface area contributed by atoms with Gasteiger partial charge < -0.3 is 65.2 Å². The van der Waals surface area contributed by atoms with Crippen molar-refractivity contribution in [3.05, 3.63) is 254 Å². The molecule has 90 heavy (non-hydrogen) atoms. The number of carboxylic acid groups (broad SMARTS) is 1. The van der Waals surface area contributed by atoms with Gasteiger partial charge in [0.25, 0.3) is 0 Å². The molecular weight excluding hydrogens is 1830 g/mol. The van der Waals surface area contributed by atoms with Crippen LogP contribution in [0.2, 0.25) is 0 Å². The number of amides is 3. The van der Waals surface area contributed by atoms with Crippen molar-refractivity contribution in [2.24, 2.45) is 0 Å². The third-order valence-electron chi connectivity index (χ3n) is 14.0. The number of aliphatic hydroxyl groups is 4. The summed E-state index contributed by atoms with van der Waals surface area (Å²) in [5, 5.41) is 44.1. The number of carbonyl (C=O) groups is 4. The molecule has 3 saturated heterocycles. The number of carboxylic acids is 1.